The van der Waals surface area contributed by atoms with Gasteiger partial charge in [0.2, 0.25) is 10.0 Å². The summed E-state index contributed by atoms with van der Waals surface area (Å²) in [5, 5.41) is 37.4. The fourth-order valence-electron chi connectivity index (χ4n) is 3.62. The molecule has 0 spiro atoms. The highest BCUT2D eigenvalue weighted by Crippen LogP contribution is 2.22. The number of aliphatic hydroxyl groups excluding tert-OH is 2. The molecule has 0 unspecified atom stereocenters. The van der Waals surface area contributed by atoms with Gasteiger partial charge in [-0.3, -0.25) is 0 Å². The summed E-state index contributed by atoms with van der Waals surface area (Å²) < 4.78 is 28.5. The molecule has 2 aromatic rings. The number of nitrogens with one attached hydrogen (secondary N) is 1. The van der Waals surface area contributed by atoms with Crippen LogP contribution in [0.2, 0.25) is 0 Å². The maximum atomic E-state index is 11.4. The molecule has 0 aliphatic carbocycles. The highest BCUT2D eigenvalue weighted by molar-refractivity contribution is 7.89. The minimum Gasteiger partial charge on any atom is -0.508 e. The minimum absolute atomic E-state index is 0.0274. The molecule has 0 saturated heterocycles. The van der Waals surface area contributed by atoms with Crippen LogP contribution in [0.5, 0.6) is 5.75 Å². The molecule has 0 heterocycles. The zero-order chi connectivity index (χ0) is 24.8. The molecular formula is C25H38N2O6S. The molecule has 2 aromatic carbocycles. The van der Waals surface area contributed by atoms with Gasteiger partial charge < -0.3 is 25.4 Å². The molecule has 0 amide bonds. The van der Waals surface area contributed by atoms with E-state index in [-0.39, 0.29) is 17.3 Å². The normalized spacial score (nSPS) is 12.7. The molecule has 9 heteroatoms. The van der Waals surface area contributed by atoms with Crippen molar-refractivity contribution in [3.8, 4) is 5.75 Å². The van der Waals surface area contributed by atoms with E-state index in [0.717, 1.165) is 63.7 Å². The Morgan fingerprint density at radius 3 is 2.44 bits per heavy atom. The van der Waals surface area contributed by atoms with Gasteiger partial charge in [-0.2, -0.15) is 0 Å². The van der Waals surface area contributed by atoms with E-state index >= 15 is 0 Å². The summed E-state index contributed by atoms with van der Waals surface area (Å²) in [5.41, 5.74) is 2.06. The molecule has 0 bridgehead atoms. The first-order valence-electron chi connectivity index (χ1n) is 11.8. The summed E-state index contributed by atoms with van der Waals surface area (Å²) in [7, 11) is -3.65. The number of phenols is 1. The Balaban J connectivity index is 1.43. The first-order valence-corrected chi connectivity index (χ1v) is 13.4. The third-order valence-corrected chi connectivity index (χ3v) is 6.53. The number of primary sulfonamides is 1. The van der Waals surface area contributed by atoms with Gasteiger partial charge in [-0.1, -0.05) is 31.0 Å². The summed E-state index contributed by atoms with van der Waals surface area (Å²) in [6.45, 7) is 2.36. The number of sulfonamides is 1. The molecule has 0 saturated carbocycles. The molecule has 34 heavy (non-hydrogen) atoms. The Bertz CT molecular complexity index is 968. The van der Waals surface area contributed by atoms with Crippen molar-refractivity contribution in [2.75, 3.05) is 26.3 Å². The van der Waals surface area contributed by atoms with E-state index in [1.807, 2.05) is 6.07 Å². The molecule has 0 aliphatic heterocycles. The topological polar surface area (TPSA) is 142 Å². The van der Waals surface area contributed by atoms with E-state index < -0.39 is 16.1 Å². The number of hydrogen-bond acceptors (Lipinski definition) is 7. The first kappa shape index (κ1) is 28.2. The maximum absolute atomic E-state index is 11.4. The Labute approximate surface area is 202 Å². The van der Waals surface area contributed by atoms with Gasteiger partial charge in [0.1, 0.15) is 5.75 Å². The molecule has 8 nitrogen and oxygen atoms in total. The summed E-state index contributed by atoms with van der Waals surface area (Å²) in [5.74, 6) is 0.0274. The van der Waals surface area contributed by atoms with Crippen molar-refractivity contribution < 1.29 is 28.5 Å². The van der Waals surface area contributed by atoms with Gasteiger partial charge in [0.05, 0.1) is 17.6 Å². The van der Waals surface area contributed by atoms with Crippen molar-refractivity contribution in [3.05, 3.63) is 59.2 Å². The van der Waals surface area contributed by atoms with E-state index in [2.05, 4.69) is 5.32 Å². The summed E-state index contributed by atoms with van der Waals surface area (Å²) in [6.07, 6.45) is 6.17. The number of aliphatic hydroxyl groups is 2. The van der Waals surface area contributed by atoms with Gasteiger partial charge in [0.15, 0.2) is 0 Å². The lowest BCUT2D eigenvalue weighted by molar-refractivity contribution is 0.125. The smallest absolute Gasteiger partial charge is 0.238 e. The van der Waals surface area contributed by atoms with Crippen LogP contribution in [-0.4, -0.2) is 50.0 Å². The van der Waals surface area contributed by atoms with Gasteiger partial charge in [0, 0.05) is 25.3 Å². The fraction of sp³-hybridized carbons (Fsp3) is 0.520. The zero-order valence-corrected chi connectivity index (χ0v) is 20.5. The second-order valence-electron chi connectivity index (χ2n) is 8.44. The van der Waals surface area contributed by atoms with Crippen LogP contribution < -0.4 is 10.5 Å². The van der Waals surface area contributed by atoms with Crippen LogP contribution in [-0.2, 0) is 27.8 Å². The molecule has 190 valence electrons. The van der Waals surface area contributed by atoms with E-state index in [9.17, 15) is 23.7 Å². The molecular weight excluding hydrogens is 456 g/mol. The zero-order valence-electron chi connectivity index (χ0n) is 19.7. The summed E-state index contributed by atoms with van der Waals surface area (Å²) in [4.78, 5) is 0.166. The van der Waals surface area contributed by atoms with Gasteiger partial charge >= 0.3 is 0 Å². The molecule has 2 rings (SSSR count). The SMILES string of the molecule is NS(=O)(=O)c1cccc(CCCCCCOCCCCNC[C@@H](O)c2ccc(O)c(CO)c2)c1. The lowest BCUT2D eigenvalue weighted by Crippen LogP contribution is -2.22. The van der Waals surface area contributed by atoms with Gasteiger partial charge in [-0.25, -0.2) is 13.6 Å². The largest absolute Gasteiger partial charge is 0.508 e. The van der Waals surface area contributed by atoms with Crippen molar-refractivity contribution in [3.63, 3.8) is 0 Å². The lowest BCUT2D eigenvalue weighted by atomic mass is 10.1. The molecule has 0 aromatic heterocycles. The van der Waals surface area contributed by atoms with Crippen molar-refractivity contribution >= 4 is 10.0 Å². The Morgan fingerprint density at radius 1 is 0.971 bits per heavy atom. The molecule has 0 radical (unpaired) electrons. The quantitative estimate of drug-likeness (QED) is 0.213. The van der Waals surface area contributed by atoms with Crippen LogP contribution in [0.1, 0.15) is 61.3 Å². The number of benzene rings is 2. The number of unbranched alkanes of at least 4 members (excludes halogenated alkanes) is 4. The monoisotopic (exact) mass is 494 g/mol. The van der Waals surface area contributed by atoms with Crippen LogP contribution in [0.25, 0.3) is 0 Å². The van der Waals surface area contributed by atoms with Crippen LogP contribution >= 0.6 is 0 Å². The minimum atomic E-state index is -3.65. The third-order valence-electron chi connectivity index (χ3n) is 5.62. The molecule has 0 fully saturated rings. The predicted molar refractivity (Wildman–Crippen MR) is 132 cm³/mol. The lowest BCUT2D eigenvalue weighted by Gasteiger charge is -2.14. The van der Waals surface area contributed by atoms with Crippen molar-refractivity contribution in [1.82, 2.24) is 5.32 Å². The van der Waals surface area contributed by atoms with Crippen LogP contribution in [0.3, 0.4) is 0 Å². The van der Waals surface area contributed by atoms with Crippen LogP contribution in [0, 0.1) is 0 Å². The Hall–Kier alpha value is -2.01. The number of nitrogens with two attached hydrogens (primary N) is 1. The number of aryl methyl sites for hydroxylation is 1. The number of ether oxygens (including phenoxy) is 1. The van der Waals surface area contributed by atoms with Crippen molar-refractivity contribution in [1.29, 1.82) is 0 Å². The molecule has 0 aliphatic rings. The molecule has 6 N–H and O–H groups in total. The van der Waals surface area contributed by atoms with Crippen molar-refractivity contribution in [2.45, 2.75) is 62.6 Å². The van der Waals surface area contributed by atoms with E-state index in [4.69, 9.17) is 9.88 Å². The van der Waals surface area contributed by atoms with Crippen LogP contribution in [0.4, 0.5) is 0 Å². The van der Waals surface area contributed by atoms with E-state index in [0.29, 0.717) is 24.3 Å². The van der Waals surface area contributed by atoms with Gasteiger partial charge in [0.25, 0.3) is 0 Å². The fourth-order valence-corrected chi connectivity index (χ4v) is 4.20. The average molecular weight is 495 g/mol. The highest BCUT2D eigenvalue weighted by atomic mass is 32.2. The van der Waals surface area contributed by atoms with E-state index in [1.165, 1.54) is 12.1 Å². The third kappa shape index (κ3) is 10.5. The second kappa shape index (κ2) is 15.1. The maximum Gasteiger partial charge on any atom is 0.238 e. The van der Waals surface area contributed by atoms with Crippen LogP contribution in [0.15, 0.2) is 47.4 Å². The number of rotatable bonds is 17. The van der Waals surface area contributed by atoms with Gasteiger partial charge in [-0.15, -0.1) is 0 Å². The van der Waals surface area contributed by atoms with E-state index in [1.54, 1.807) is 24.3 Å². The van der Waals surface area contributed by atoms with Gasteiger partial charge in [-0.05, 0) is 74.0 Å². The Kier molecular flexibility index (Phi) is 12.5. The average Bonchev–Trinajstić information content (AvgIpc) is 2.81. The highest BCUT2D eigenvalue weighted by Gasteiger charge is 2.10. The number of aromatic hydroxyl groups is 1. The Morgan fingerprint density at radius 2 is 1.71 bits per heavy atom. The number of hydrogen-bond donors (Lipinski definition) is 5. The summed E-state index contributed by atoms with van der Waals surface area (Å²) >= 11 is 0. The predicted octanol–water partition coefficient (Wildman–Crippen LogP) is 2.75. The van der Waals surface area contributed by atoms with Crippen molar-refractivity contribution in [2.24, 2.45) is 5.14 Å². The standard InChI is InChI=1S/C25H38N2O6S/c26-34(31,32)23-10-7-9-20(16-23)8-3-1-2-5-14-33-15-6-4-13-27-18-25(30)21-11-12-24(29)22(17-21)19-28/h7,9-12,16-17,25,27-30H,1-6,8,13-15,18-19H2,(H2,26,31,32)/t25-/m1/s1. The first-order chi connectivity index (χ1) is 16.3. The second-order valence-corrected chi connectivity index (χ2v) is 10.0. The molecule has 1 atom stereocenters. The summed E-state index contributed by atoms with van der Waals surface area (Å²) in [6, 6.07) is 11.6.